The molecule has 0 spiro atoms. The van der Waals surface area contributed by atoms with Gasteiger partial charge in [0, 0.05) is 6.20 Å². The molecule has 66 valence electrons. The molecule has 12 heavy (non-hydrogen) atoms. The molecule has 1 aromatic rings. The Bertz CT molecular complexity index is 302. The predicted octanol–water partition coefficient (Wildman–Crippen LogP) is 0.792. The van der Waals surface area contributed by atoms with E-state index in [1.807, 2.05) is 0 Å². The third kappa shape index (κ3) is 1.21. The summed E-state index contributed by atoms with van der Waals surface area (Å²) in [6.07, 6.45) is 1.92. The molecule has 1 atom stereocenters. The highest BCUT2D eigenvalue weighted by Gasteiger charge is 2.11. The maximum Gasteiger partial charge on any atom is 0.155 e. The fourth-order valence-corrected chi connectivity index (χ4v) is 1.15. The number of carbonyl (C=O) groups is 1. The van der Waals surface area contributed by atoms with Gasteiger partial charge in [-0.05, 0) is 13.8 Å². The van der Waals surface area contributed by atoms with Crippen molar-refractivity contribution in [2.24, 2.45) is 5.73 Å². The first-order valence-electron chi connectivity index (χ1n) is 3.69. The second-order valence-corrected chi connectivity index (χ2v) is 2.78. The number of aldehydes is 1. The first-order chi connectivity index (χ1) is 5.57. The van der Waals surface area contributed by atoms with Gasteiger partial charge in [0.2, 0.25) is 0 Å². The lowest BCUT2D eigenvalue weighted by molar-refractivity contribution is 0.112. The molecule has 0 aliphatic carbocycles. The molecule has 1 aromatic heterocycles. The number of aromatic nitrogens is 1. The summed E-state index contributed by atoms with van der Waals surface area (Å²) in [5, 5.41) is 9.36. The van der Waals surface area contributed by atoms with Gasteiger partial charge in [-0.15, -0.1) is 0 Å². The quantitative estimate of drug-likeness (QED) is 0.641. The summed E-state index contributed by atoms with van der Waals surface area (Å²) in [6, 6.07) is 0. The van der Waals surface area contributed by atoms with Gasteiger partial charge in [-0.1, -0.05) is 0 Å². The van der Waals surface area contributed by atoms with E-state index in [1.165, 1.54) is 0 Å². The van der Waals surface area contributed by atoms with E-state index in [4.69, 9.17) is 5.73 Å². The van der Waals surface area contributed by atoms with Crippen LogP contribution < -0.4 is 5.73 Å². The molecule has 0 radical (unpaired) electrons. The van der Waals surface area contributed by atoms with Crippen LogP contribution in [0.4, 0.5) is 0 Å². The van der Waals surface area contributed by atoms with Gasteiger partial charge in [0.25, 0.3) is 0 Å². The third-order valence-corrected chi connectivity index (χ3v) is 1.85. The normalized spacial score (nSPS) is 12.9. The zero-order chi connectivity index (χ0) is 9.30. The number of aromatic hydroxyl groups is 1. The van der Waals surface area contributed by atoms with Crippen LogP contribution in [-0.2, 0) is 0 Å². The molecule has 4 nitrogen and oxygen atoms in total. The summed E-state index contributed by atoms with van der Waals surface area (Å²) in [6.45, 7) is 3.49. The van der Waals surface area contributed by atoms with E-state index in [9.17, 15) is 9.90 Å². The molecule has 0 saturated carbocycles. The average molecular weight is 168 g/mol. The standard InChI is InChI=1S/C8H12N2O2/c1-5-8(12)7(4-11)3-10(5)6(2)9/h3-4,6,12H,9H2,1-2H3. The molecule has 3 N–H and O–H groups in total. The Morgan fingerprint density at radius 3 is 2.58 bits per heavy atom. The van der Waals surface area contributed by atoms with Gasteiger partial charge in [0.05, 0.1) is 17.4 Å². The maximum atomic E-state index is 10.4. The molecule has 1 heterocycles. The van der Waals surface area contributed by atoms with Crippen LogP contribution in [-0.4, -0.2) is 16.0 Å². The van der Waals surface area contributed by atoms with E-state index in [0.29, 0.717) is 12.0 Å². The van der Waals surface area contributed by atoms with E-state index < -0.39 is 0 Å². The SMILES string of the molecule is Cc1c(O)c(C=O)cn1C(C)N. The molecule has 4 heteroatoms. The highest BCUT2D eigenvalue weighted by atomic mass is 16.3. The summed E-state index contributed by atoms with van der Waals surface area (Å²) in [4.78, 5) is 10.4. The van der Waals surface area contributed by atoms with Crippen molar-refractivity contribution < 1.29 is 9.90 Å². The van der Waals surface area contributed by atoms with Crippen molar-refractivity contribution in [1.82, 2.24) is 4.57 Å². The van der Waals surface area contributed by atoms with E-state index >= 15 is 0 Å². The summed E-state index contributed by atoms with van der Waals surface area (Å²) in [5.41, 5.74) is 6.49. The van der Waals surface area contributed by atoms with Crippen molar-refractivity contribution in [3.8, 4) is 5.75 Å². The Labute approximate surface area is 70.6 Å². The van der Waals surface area contributed by atoms with Crippen molar-refractivity contribution in [3.05, 3.63) is 17.5 Å². The van der Waals surface area contributed by atoms with Gasteiger partial charge in [-0.3, -0.25) is 4.79 Å². The first-order valence-corrected chi connectivity index (χ1v) is 3.69. The minimum absolute atomic E-state index is 0.0160. The molecule has 0 fully saturated rings. The molecule has 0 amide bonds. The van der Waals surface area contributed by atoms with E-state index in [1.54, 1.807) is 24.6 Å². The molecular weight excluding hydrogens is 156 g/mol. The molecular formula is C8H12N2O2. The number of nitrogens with two attached hydrogens (primary N) is 1. The Morgan fingerprint density at radius 2 is 2.33 bits per heavy atom. The lowest BCUT2D eigenvalue weighted by Crippen LogP contribution is -2.14. The van der Waals surface area contributed by atoms with Gasteiger partial charge in [0.15, 0.2) is 6.29 Å². The van der Waals surface area contributed by atoms with Crippen molar-refractivity contribution in [2.75, 3.05) is 0 Å². The van der Waals surface area contributed by atoms with Gasteiger partial charge >= 0.3 is 0 Å². The smallest absolute Gasteiger partial charge is 0.155 e. The zero-order valence-corrected chi connectivity index (χ0v) is 7.11. The van der Waals surface area contributed by atoms with Crippen LogP contribution in [0.3, 0.4) is 0 Å². The number of hydrogen-bond donors (Lipinski definition) is 2. The Hall–Kier alpha value is -1.29. The van der Waals surface area contributed by atoms with E-state index in [2.05, 4.69) is 0 Å². The summed E-state index contributed by atoms with van der Waals surface area (Å²) in [7, 11) is 0. The Balaban J connectivity index is 3.24. The minimum atomic E-state index is -0.232. The Kier molecular flexibility index (Phi) is 2.19. The summed E-state index contributed by atoms with van der Waals surface area (Å²) in [5.74, 6) is 0.0160. The van der Waals surface area contributed by atoms with E-state index in [0.717, 1.165) is 0 Å². The fraction of sp³-hybridized carbons (Fsp3) is 0.375. The van der Waals surface area contributed by atoms with E-state index in [-0.39, 0.29) is 17.5 Å². The maximum absolute atomic E-state index is 10.4. The highest BCUT2D eigenvalue weighted by Crippen LogP contribution is 2.23. The minimum Gasteiger partial charge on any atom is -0.505 e. The van der Waals surface area contributed by atoms with Crippen molar-refractivity contribution in [1.29, 1.82) is 0 Å². The molecule has 0 saturated heterocycles. The Morgan fingerprint density at radius 1 is 1.75 bits per heavy atom. The molecule has 0 aromatic carbocycles. The molecule has 1 unspecified atom stereocenters. The van der Waals surface area contributed by atoms with Gasteiger partial charge in [-0.2, -0.15) is 0 Å². The monoisotopic (exact) mass is 168 g/mol. The van der Waals surface area contributed by atoms with Gasteiger partial charge < -0.3 is 15.4 Å². The van der Waals surface area contributed by atoms with Crippen molar-refractivity contribution in [2.45, 2.75) is 20.0 Å². The lowest BCUT2D eigenvalue weighted by atomic mass is 10.3. The molecule has 1 rings (SSSR count). The second-order valence-electron chi connectivity index (χ2n) is 2.78. The number of hydrogen-bond acceptors (Lipinski definition) is 3. The van der Waals surface area contributed by atoms with Crippen molar-refractivity contribution >= 4 is 6.29 Å². The van der Waals surface area contributed by atoms with Crippen molar-refractivity contribution in [3.63, 3.8) is 0 Å². The molecule has 0 bridgehead atoms. The topological polar surface area (TPSA) is 68.2 Å². The van der Waals surface area contributed by atoms with Gasteiger partial charge in [-0.25, -0.2) is 0 Å². The van der Waals surface area contributed by atoms with Crippen LogP contribution in [0.2, 0.25) is 0 Å². The largest absolute Gasteiger partial charge is 0.505 e. The van der Waals surface area contributed by atoms with Crippen LogP contribution in [0.15, 0.2) is 6.20 Å². The number of carbonyl (C=O) groups excluding carboxylic acids is 1. The lowest BCUT2D eigenvalue weighted by Gasteiger charge is -2.08. The predicted molar refractivity (Wildman–Crippen MR) is 45.1 cm³/mol. The van der Waals surface area contributed by atoms with Crippen LogP contribution >= 0.6 is 0 Å². The fourth-order valence-electron chi connectivity index (χ4n) is 1.15. The summed E-state index contributed by atoms with van der Waals surface area (Å²) < 4.78 is 1.65. The highest BCUT2D eigenvalue weighted by molar-refractivity contribution is 5.79. The third-order valence-electron chi connectivity index (χ3n) is 1.85. The molecule has 0 aliphatic heterocycles. The number of rotatable bonds is 2. The van der Waals surface area contributed by atoms with Crippen LogP contribution in [0.5, 0.6) is 5.75 Å². The zero-order valence-electron chi connectivity index (χ0n) is 7.11. The van der Waals surface area contributed by atoms with Crippen LogP contribution in [0.25, 0.3) is 0 Å². The van der Waals surface area contributed by atoms with Gasteiger partial charge in [0.1, 0.15) is 5.75 Å². The number of nitrogens with zero attached hydrogens (tertiary/aromatic N) is 1. The van der Waals surface area contributed by atoms with Crippen LogP contribution in [0, 0.1) is 6.92 Å². The summed E-state index contributed by atoms with van der Waals surface area (Å²) >= 11 is 0. The average Bonchev–Trinajstić information content (AvgIpc) is 2.30. The molecule has 0 aliphatic rings. The first kappa shape index (κ1) is 8.80. The second kappa shape index (κ2) is 2.98. The van der Waals surface area contributed by atoms with Crippen LogP contribution in [0.1, 0.15) is 29.1 Å².